The highest BCUT2D eigenvalue weighted by molar-refractivity contribution is 6.31. The normalized spacial score (nSPS) is 12.4. The van der Waals surface area contributed by atoms with Gasteiger partial charge in [0.15, 0.2) is 23.7 Å². The third kappa shape index (κ3) is 7.46. The number of carbonyl (C=O) groups excluding carboxylic acids is 2. The van der Waals surface area contributed by atoms with Crippen molar-refractivity contribution in [1.29, 1.82) is 0 Å². The summed E-state index contributed by atoms with van der Waals surface area (Å²) in [7, 11) is 2.86. The summed E-state index contributed by atoms with van der Waals surface area (Å²) in [5, 5.41) is 1.18. The molecule has 226 valence electrons. The Hall–Kier alpha value is -4.11. The van der Waals surface area contributed by atoms with Gasteiger partial charge in [-0.1, -0.05) is 86.1 Å². The molecule has 0 amide bonds. The van der Waals surface area contributed by atoms with Crippen LogP contribution in [0.2, 0.25) is 5.02 Å². The summed E-state index contributed by atoms with van der Waals surface area (Å²) < 4.78 is 35.5. The molecule has 0 bridgehead atoms. The van der Waals surface area contributed by atoms with Gasteiger partial charge in [-0.05, 0) is 42.2 Å². The van der Waals surface area contributed by atoms with Gasteiger partial charge in [0, 0.05) is 30.0 Å². The van der Waals surface area contributed by atoms with Crippen LogP contribution < -0.4 is 18.9 Å². The first-order chi connectivity index (χ1) is 20.9. The number of ether oxygens (including phenoxy) is 6. The molecule has 0 N–H and O–H groups in total. The van der Waals surface area contributed by atoms with E-state index in [0.29, 0.717) is 39.8 Å². The van der Waals surface area contributed by atoms with Gasteiger partial charge in [0.25, 0.3) is 0 Å². The van der Waals surface area contributed by atoms with Gasteiger partial charge in [-0.2, -0.15) is 0 Å². The summed E-state index contributed by atoms with van der Waals surface area (Å²) in [6, 6.07) is 23.0. The standard InChI is InChI=1S/C34H35ClO8/c1-5-19-40-31-29(42-33(36)27(38-3)22-13-9-7-10-14-22)25-18-17-24(35)21-26(25)30(32(31)41-20-6-2)43-34(37)28(39-4)23-15-11-8-12-16-23/h7-18,21,27-28H,5-6,19-20H2,1-4H3. The number of hydrogen-bond acceptors (Lipinski definition) is 8. The molecule has 0 spiro atoms. The van der Waals surface area contributed by atoms with Crippen LogP contribution in [0.3, 0.4) is 0 Å². The van der Waals surface area contributed by atoms with Crippen LogP contribution >= 0.6 is 11.6 Å². The van der Waals surface area contributed by atoms with Crippen molar-refractivity contribution in [2.24, 2.45) is 0 Å². The van der Waals surface area contributed by atoms with Crippen LogP contribution in [0.1, 0.15) is 50.0 Å². The smallest absolute Gasteiger partial charge is 0.345 e. The van der Waals surface area contributed by atoms with Gasteiger partial charge < -0.3 is 28.4 Å². The number of halogens is 1. The number of methoxy groups -OCH3 is 2. The van der Waals surface area contributed by atoms with Crippen LogP contribution in [0.15, 0.2) is 78.9 Å². The van der Waals surface area contributed by atoms with Crippen LogP contribution in [0, 0.1) is 0 Å². The third-order valence-electron chi connectivity index (χ3n) is 6.50. The molecule has 0 aliphatic carbocycles. The Labute approximate surface area is 256 Å². The second kappa shape index (κ2) is 15.4. The predicted octanol–water partition coefficient (Wildman–Crippen LogP) is 7.66. The van der Waals surface area contributed by atoms with Crippen LogP contribution in [0.25, 0.3) is 10.8 Å². The van der Waals surface area contributed by atoms with Gasteiger partial charge in [0.05, 0.1) is 13.2 Å². The topological polar surface area (TPSA) is 89.5 Å². The summed E-state index contributed by atoms with van der Waals surface area (Å²) >= 11 is 6.44. The van der Waals surface area contributed by atoms with Crippen LogP contribution in [0.5, 0.6) is 23.0 Å². The number of rotatable bonds is 14. The molecule has 0 fully saturated rings. The molecule has 2 atom stereocenters. The minimum absolute atomic E-state index is 0.0752. The van der Waals surface area contributed by atoms with Crippen LogP contribution in [-0.2, 0) is 19.1 Å². The monoisotopic (exact) mass is 606 g/mol. The van der Waals surface area contributed by atoms with E-state index in [1.807, 2.05) is 50.2 Å². The lowest BCUT2D eigenvalue weighted by molar-refractivity contribution is -0.147. The average Bonchev–Trinajstić information content (AvgIpc) is 3.02. The maximum Gasteiger partial charge on any atom is 0.345 e. The summed E-state index contributed by atoms with van der Waals surface area (Å²) in [6.45, 7) is 4.43. The minimum Gasteiger partial charge on any atom is -0.486 e. The first-order valence-electron chi connectivity index (χ1n) is 14.1. The molecule has 2 unspecified atom stereocenters. The summed E-state index contributed by atoms with van der Waals surface area (Å²) in [5.74, 6) is -0.936. The Bertz CT molecular complexity index is 1520. The zero-order valence-corrected chi connectivity index (χ0v) is 25.4. The Morgan fingerprint density at radius 3 is 1.49 bits per heavy atom. The first kappa shape index (κ1) is 31.8. The lowest BCUT2D eigenvalue weighted by Gasteiger charge is -2.23. The molecule has 0 saturated heterocycles. The molecule has 4 aromatic carbocycles. The van der Waals surface area contributed by atoms with Crippen molar-refractivity contribution in [2.75, 3.05) is 27.4 Å². The summed E-state index contributed by atoms with van der Waals surface area (Å²) in [4.78, 5) is 27.2. The molecule has 0 saturated carbocycles. The maximum absolute atomic E-state index is 13.6. The van der Waals surface area contributed by atoms with Gasteiger partial charge in [0.2, 0.25) is 11.5 Å². The molecule has 0 heterocycles. The lowest BCUT2D eigenvalue weighted by Crippen LogP contribution is -2.22. The van der Waals surface area contributed by atoms with Gasteiger partial charge in [0.1, 0.15) is 0 Å². The van der Waals surface area contributed by atoms with Crippen molar-refractivity contribution < 1.29 is 38.0 Å². The molecule has 4 aromatic rings. The number of benzene rings is 4. The number of fused-ring (bicyclic) bond motifs is 1. The van der Waals surface area contributed by atoms with E-state index in [4.69, 9.17) is 40.0 Å². The van der Waals surface area contributed by atoms with Crippen LogP contribution in [0.4, 0.5) is 0 Å². The van der Waals surface area contributed by atoms with E-state index >= 15 is 0 Å². The highest BCUT2D eigenvalue weighted by Crippen LogP contribution is 2.52. The molecule has 0 radical (unpaired) electrons. The van der Waals surface area contributed by atoms with Gasteiger partial charge in [-0.25, -0.2) is 9.59 Å². The van der Waals surface area contributed by atoms with Crippen molar-refractivity contribution in [3.05, 3.63) is 95.0 Å². The fourth-order valence-corrected chi connectivity index (χ4v) is 4.70. The largest absolute Gasteiger partial charge is 0.486 e. The molecule has 0 aromatic heterocycles. The fraction of sp³-hybridized carbons (Fsp3) is 0.294. The van der Waals surface area contributed by atoms with Crippen molar-refractivity contribution in [1.82, 2.24) is 0 Å². The summed E-state index contributed by atoms with van der Waals surface area (Å²) in [6.07, 6.45) is -0.721. The molecule has 43 heavy (non-hydrogen) atoms. The van der Waals surface area contributed by atoms with Crippen LogP contribution in [-0.4, -0.2) is 39.4 Å². The quantitative estimate of drug-likeness (QED) is 0.107. The average molecular weight is 607 g/mol. The number of hydrogen-bond donors (Lipinski definition) is 0. The van der Waals surface area contributed by atoms with E-state index in [0.717, 1.165) is 0 Å². The Balaban J connectivity index is 1.90. The van der Waals surface area contributed by atoms with E-state index in [2.05, 4.69) is 0 Å². The molecule has 9 heteroatoms. The lowest BCUT2D eigenvalue weighted by atomic mass is 10.1. The van der Waals surface area contributed by atoms with Gasteiger partial charge in [-0.15, -0.1) is 0 Å². The van der Waals surface area contributed by atoms with Crippen molar-refractivity contribution in [3.63, 3.8) is 0 Å². The Kier molecular flexibility index (Phi) is 11.4. The second-order valence-corrected chi connectivity index (χ2v) is 10.0. The van der Waals surface area contributed by atoms with E-state index in [9.17, 15) is 9.59 Å². The van der Waals surface area contributed by atoms with E-state index in [1.165, 1.54) is 14.2 Å². The highest BCUT2D eigenvalue weighted by atomic mass is 35.5. The Morgan fingerprint density at radius 1 is 0.628 bits per heavy atom. The molecular formula is C34H35ClO8. The molecule has 0 aliphatic heterocycles. The van der Waals surface area contributed by atoms with Crippen molar-refractivity contribution in [3.8, 4) is 23.0 Å². The summed E-state index contributed by atoms with van der Waals surface area (Å²) in [5.41, 5.74) is 1.24. The molecule has 8 nitrogen and oxygen atoms in total. The van der Waals surface area contributed by atoms with Crippen molar-refractivity contribution >= 4 is 34.3 Å². The SMILES string of the molecule is CCCOc1c(OCCC)c(OC(=O)C(OC)c2ccccc2)c2cc(Cl)ccc2c1OC(=O)C(OC)c1ccccc1. The molecule has 0 aliphatic rings. The zero-order chi connectivity index (χ0) is 30.8. The zero-order valence-electron chi connectivity index (χ0n) is 24.6. The van der Waals surface area contributed by atoms with Crippen molar-refractivity contribution in [2.45, 2.75) is 38.9 Å². The highest BCUT2D eigenvalue weighted by Gasteiger charge is 2.32. The Morgan fingerprint density at radius 2 is 1.07 bits per heavy atom. The van der Waals surface area contributed by atoms with E-state index in [-0.39, 0.29) is 36.2 Å². The van der Waals surface area contributed by atoms with E-state index in [1.54, 1.807) is 42.5 Å². The molecule has 4 rings (SSSR count). The maximum atomic E-state index is 13.6. The second-order valence-electron chi connectivity index (χ2n) is 9.60. The third-order valence-corrected chi connectivity index (χ3v) is 6.74. The van der Waals surface area contributed by atoms with E-state index < -0.39 is 24.1 Å². The number of esters is 2. The predicted molar refractivity (Wildman–Crippen MR) is 164 cm³/mol. The van der Waals surface area contributed by atoms with Gasteiger partial charge >= 0.3 is 11.9 Å². The number of carbonyl (C=O) groups is 2. The van der Waals surface area contributed by atoms with Gasteiger partial charge in [-0.3, -0.25) is 0 Å². The minimum atomic E-state index is -1.01. The first-order valence-corrected chi connectivity index (χ1v) is 14.4. The molecular weight excluding hydrogens is 572 g/mol. The fourth-order valence-electron chi connectivity index (χ4n) is 4.53.